The van der Waals surface area contributed by atoms with E-state index in [2.05, 4.69) is 19.6 Å². The summed E-state index contributed by atoms with van der Waals surface area (Å²) in [5.41, 5.74) is -0.403. The lowest BCUT2D eigenvalue weighted by atomic mass is 10.0. The summed E-state index contributed by atoms with van der Waals surface area (Å²) in [5.74, 6) is 1.42. The smallest absolute Gasteiger partial charge is 0.410 e. The van der Waals surface area contributed by atoms with Gasteiger partial charge in [-0.2, -0.15) is 12.6 Å². The third-order valence-electron chi connectivity index (χ3n) is 2.99. The largest absolute Gasteiger partial charge is 0.444 e. The van der Waals surface area contributed by atoms with E-state index in [4.69, 9.17) is 4.74 Å². The number of carbonyl (C=O) groups excluding carboxylic acids is 1. The average Bonchev–Trinajstić information content (AvgIpc) is 2.63. The lowest BCUT2D eigenvalue weighted by Gasteiger charge is -2.29. The minimum absolute atomic E-state index is 0.161. The van der Waals surface area contributed by atoms with Gasteiger partial charge in [-0.15, -0.1) is 0 Å². The molecule has 1 heterocycles. The second-order valence-electron chi connectivity index (χ2n) is 5.99. The first-order chi connectivity index (χ1) is 7.83. The van der Waals surface area contributed by atoms with Crippen molar-refractivity contribution in [2.75, 3.05) is 12.3 Å². The van der Waals surface area contributed by atoms with Gasteiger partial charge in [0.1, 0.15) is 5.60 Å². The van der Waals surface area contributed by atoms with Gasteiger partial charge in [0.05, 0.1) is 0 Å². The maximum atomic E-state index is 12.0. The molecule has 0 aromatic carbocycles. The summed E-state index contributed by atoms with van der Waals surface area (Å²) in [6, 6.07) is 0.340. The molecule has 17 heavy (non-hydrogen) atoms. The Hall–Kier alpha value is -0.380. The van der Waals surface area contributed by atoms with E-state index in [1.165, 1.54) is 0 Å². The molecule has 1 rings (SSSR count). The van der Waals surface area contributed by atoms with Gasteiger partial charge < -0.3 is 9.64 Å². The van der Waals surface area contributed by atoms with Crippen LogP contribution in [0.3, 0.4) is 0 Å². The summed E-state index contributed by atoms with van der Waals surface area (Å²) < 4.78 is 5.43. The summed E-state index contributed by atoms with van der Waals surface area (Å²) in [5, 5.41) is 0. The van der Waals surface area contributed by atoms with Gasteiger partial charge in [0.2, 0.25) is 0 Å². The monoisotopic (exact) mass is 259 g/mol. The van der Waals surface area contributed by atoms with Crippen molar-refractivity contribution in [3.8, 4) is 0 Å². The highest BCUT2D eigenvalue weighted by molar-refractivity contribution is 7.80. The number of nitrogens with zero attached hydrogens (tertiary/aromatic N) is 1. The van der Waals surface area contributed by atoms with Gasteiger partial charge in [-0.05, 0) is 51.7 Å². The van der Waals surface area contributed by atoms with Gasteiger partial charge in [0, 0.05) is 12.6 Å². The SMILES string of the molecule is CC(CS)CC1CCCN1C(=O)OC(C)(C)C. The molecule has 4 heteroatoms. The van der Waals surface area contributed by atoms with E-state index >= 15 is 0 Å². The average molecular weight is 259 g/mol. The molecule has 0 saturated carbocycles. The van der Waals surface area contributed by atoms with Crippen molar-refractivity contribution >= 4 is 18.7 Å². The lowest BCUT2D eigenvalue weighted by Crippen LogP contribution is -2.40. The summed E-state index contributed by atoms with van der Waals surface area (Å²) in [6.07, 6.45) is 3.05. The molecule has 3 nitrogen and oxygen atoms in total. The van der Waals surface area contributed by atoms with Gasteiger partial charge in [-0.1, -0.05) is 6.92 Å². The van der Waals surface area contributed by atoms with Crippen LogP contribution in [0, 0.1) is 5.92 Å². The summed E-state index contributed by atoms with van der Waals surface area (Å²) in [6.45, 7) is 8.74. The Labute approximate surface area is 110 Å². The first-order valence-corrected chi connectivity index (χ1v) is 7.07. The molecule has 0 aromatic rings. The quantitative estimate of drug-likeness (QED) is 0.788. The number of amides is 1. The molecule has 1 fully saturated rings. The Morgan fingerprint density at radius 1 is 1.53 bits per heavy atom. The number of hydrogen-bond donors (Lipinski definition) is 1. The van der Waals surface area contributed by atoms with Crippen molar-refractivity contribution in [2.45, 2.75) is 58.6 Å². The number of ether oxygens (including phenoxy) is 1. The number of carbonyl (C=O) groups is 1. The molecule has 0 aromatic heterocycles. The van der Waals surface area contributed by atoms with Crippen LogP contribution in [-0.2, 0) is 4.74 Å². The van der Waals surface area contributed by atoms with E-state index in [0.29, 0.717) is 12.0 Å². The first-order valence-electron chi connectivity index (χ1n) is 6.44. The molecule has 1 aliphatic rings. The van der Waals surface area contributed by atoms with Crippen LogP contribution >= 0.6 is 12.6 Å². The van der Waals surface area contributed by atoms with E-state index < -0.39 is 5.60 Å². The van der Waals surface area contributed by atoms with E-state index in [-0.39, 0.29) is 6.09 Å². The fourth-order valence-electron chi connectivity index (χ4n) is 2.18. The minimum atomic E-state index is -0.403. The normalized spacial score (nSPS) is 22.6. The molecule has 100 valence electrons. The van der Waals surface area contributed by atoms with Crippen LogP contribution in [0.1, 0.15) is 47.0 Å². The van der Waals surface area contributed by atoms with Gasteiger partial charge >= 0.3 is 6.09 Å². The zero-order chi connectivity index (χ0) is 13.1. The Morgan fingerprint density at radius 2 is 2.18 bits per heavy atom. The zero-order valence-corrected chi connectivity index (χ0v) is 12.3. The van der Waals surface area contributed by atoms with Crippen LogP contribution in [0.25, 0.3) is 0 Å². The molecule has 0 radical (unpaired) electrons. The van der Waals surface area contributed by atoms with Crippen LogP contribution in [0.4, 0.5) is 4.79 Å². The topological polar surface area (TPSA) is 29.5 Å². The van der Waals surface area contributed by atoms with Crippen molar-refractivity contribution in [3.63, 3.8) is 0 Å². The number of likely N-dealkylation sites (tertiary alicyclic amines) is 1. The zero-order valence-electron chi connectivity index (χ0n) is 11.4. The van der Waals surface area contributed by atoms with Gasteiger partial charge in [0.25, 0.3) is 0 Å². The summed E-state index contributed by atoms with van der Waals surface area (Å²) in [7, 11) is 0. The Balaban J connectivity index is 2.54. The van der Waals surface area contributed by atoms with Gasteiger partial charge in [-0.3, -0.25) is 0 Å². The second-order valence-corrected chi connectivity index (χ2v) is 6.36. The van der Waals surface area contributed by atoms with Crippen LogP contribution in [0.15, 0.2) is 0 Å². The van der Waals surface area contributed by atoms with Crippen molar-refractivity contribution in [2.24, 2.45) is 5.92 Å². The molecular weight excluding hydrogens is 234 g/mol. The molecule has 1 amide bonds. The molecule has 1 saturated heterocycles. The van der Waals surface area contributed by atoms with Crippen LogP contribution in [0.2, 0.25) is 0 Å². The van der Waals surface area contributed by atoms with E-state index in [9.17, 15) is 4.79 Å². The van der Waals surface area contributed by atoms with Gasteiger partial charge in [0.15, 0.2) is 0 Å². The molecule has 0 spiro atoms. The molecular formula is C13H25NO2S. The Kier molecular flexibility index (Phi) is 5.17. The predicted octanol–water partition coefficient (Wildman–Crippen LogP) is 3.34. The third-order valence-corrected chi connectivity index (χ3v) is 3.61. The van der Waals surface area contributed by atoms with Crippen LogP contribution < -0.4 is 0 Å². The van der Waals surface area contributed by atoms with Crippen molar-refractivity contribution in [1.29, 1.82) is 0 Å². The molecule has 1 aliphatic heterocycles. The summed E-state index contributed by atoms with van der Waals surface area (Å²) in [4.78, 5) is 13.9. The second kappa shape index (κ2) is 5.98. The number of rotatable bonds is 3. The van der Waals surface area contributed by atoms with Gasteiger partial charge in [-0.25, -0.2) is 4.79 Å². The predicted molar refractivity (Wildman–Crippen MR) is 73.6 cm³/mol. The standard InChI is InChI=1S/C13H25NO2S/c1-10(9-17)8-11-6-5-7-14(11)12(15)16-13(2,3)4/h10-11,17H,5-9H2,1-4H3. The Bertz CT molecular complexity index is 263. The highest BCUT2D eigenvalue weighted by Gasteiger charge is 2.32. The van der Waals surface area contributed by atoms with Crippen LogP contribution in [0.5, 0.6) is 0 Å². The fraction of sp³-hybridized carbons (Fsp3) is 0.923. The fourth-order valence-corrected chi connectivity index (χ4v) is 2.33. The Morgan fingerprint density at radius 3 is 2.71 bits per heavy atom. The maximum Gasteiger partial charge on any atom is 0.410 e. The maximum absolute atomic E-state index is 12.0. The minimum Gasteiger partial charge on any atom is -0.444 e. The van der Waals surface area contributed by atoms with E-state index in [0.717, 1.165) is 31.6 Å². The van der Waals surface area contributed by atoms with Crippen molar-refractivity contribution < 1.29 is 9.53 Å². The molecule has 2 atom stereocenters. The van der Waals surface area contributed by atoms with Crippen molar-refractivity contribution in [1.82, 2.24) is 4.90 Å². The number of hydrogen-bond acceptors (Lipinski definition) is 3. The highest BCUT2D eigenvalue weighted by atomic mass is 32.1. The lowest BCUT2D eigenvalue weighted by molar-refractivity contribution is 0.0212. The molecule has 0 aliphatic carbocycles. The number of thiol groups is 1. The molecule has 2 unspecified atom stereocenters. The van der Waals surface area contributed by atoms with E-state index in [1.54, 1.807) is 0 Å². The third kappa shape index (κ3) is 4.78. The molecule has 0 bridgehead atoms. The van der Waals surface area contributed by atoms with Crippen molar-refractivity contribution in [3.05, 3.63) is 0 Å². The molecule has 0 N–H and O–H groups in total. The first kappa shape index (κ1) is 14.7. The summed E-state index contributed by atoms with van der Waals surface area (Å²) >= 11 is 4.30. The van der Waals surface area contributed by atoms with E-state index in [1.807, 2.05) is 25.7 Å². The highest BCUT2D eigenvalue weighted by Crippen LogP contribution is 2.25. The van der Waals surface area contributed by atoms with Crippen LogP contribution in [-0.4, -0.2) is 34.9 Å².